The maximum absolute atomic E-state index is 12.4. The molecule has 0 bridgehead atoms. The van der Waals surface area contributed by atoms with Crippen LogP contribution in [0.15, 0.2) is 83.4 Å². The monoisotopic (exact) mass is 328 g/mol. The summed E-state index contributed by atoms with van der Waals surface area (Å²) in [7, 11) is 0. The second-order valence-corrected chi connectivity index (χ2v) is 5.79. The number of nitrogens with zero attached hydrogens (tertiary/aromatic N) is 1. The topological polar surface area (TPSA) is 55.1 Å². The lowest BCUT2D eigenvalue weighted by atomic mass is 10.1. The van der Waals surface area contributed by atoms with Crippen molar-refractivity contribution in [3.05, 3.63) is 95.9 Å². The minimum Gasteiger partial charge on any atom is -0.445 e. The Bertz CT molecular complexity index is 1020. The van der Waals surface area contributed by atoms with Crippen LogP contribution in [0.4, 0.5) is 5.88 Å². The standard InChI is InChI=1S/C21H16N2O2/c24-21(17-8-10-19-16(14-17)7-4-12-22-19)23-20-11-9-18(25-20)13-15-5-2-1-3-6-15/h1-12,14H,13H2,(H,23,24). The van der Waals surface area contributed by atoms with Crippen LogP contribution in [0.2, 0.25) is 0 Å². The van der Waals surface area contributed by atoms with Gasteiger partial charge in [0.05, 0.1) is 5.52 Å². The van der Waals surface area contributed by atoms with Gasteiger partial charge >= 0.3 is 0 Å². The zero-order valence-corrected chi connectivity index (χ0v) is 13.5. The van der Waals surface area contributed by atoms with Gasteiger partial charge in [-0.2, -0.15) is 0 Å². The molecule has 0 unspecified atom stereocenters. The van der Waals surface area contributed by atoms with Crippen molar-refractivity contribution >= 4 is 22.7 Å². The lowest BCUT2D eigenvalue weighted by molar-refractivity contribution is 0.102. The van der Waals surface area contributed by atoms with E-state index in [0.29, 0.717) is 17.9 Å². The lowest BCUT2D eigenvalue weighted by Crippen LogP contribution is -2.11. The molecule has 0 aliphatic heterocycles. The number of nitrogens with one attached hydrogen (secondary N) is 1. The molecule has 25 heavy (non-hydrogen) atoms. The molecular weight excluding hydrogens is 312 g/mol. The van der Waals surface area contributed by atoms with Crippen molar-refractivity contribution in [2.45, 2.75) is 6.42 Å². The molecule has 2 aromatic heterocycles. The van der Waals surface area contributed by atoms with Gasteiger partial charge in [-0.3, -0.25) is 15.1 Å². The molecule has 0 saturated carbocycles. The molecular formula is C21H16N2O2. The molecule has 0 fully saturated rings. The van der Waals surface area contributed by atoms with E-state index in [1.54, 1.807) is 18.3 Å². The van der Waals surface area contributed by atoms with E-state index in [1.165, 1.54) is 0 Å². The minimum absolute atomic E-state index is 0.202. The average Bonchev–Trinajstić information content (AvgIpc) is 3.09. The third kappa shape index (κ3) is 3.43. The summed E-state index contributed by atoms with van der Waals surface area (Å²) in [5.74, 6) is 1.05. The molecule has 122 valence electrons. The molecule has 2 heterocycles. The van der Waals surface area contributed by atoms with E-state index in [1.807, 2.05) is 60.7 Å². The normalized spacial score (nSPS) is 10.7. The molecule has 0 saturated heterocycles. The van der Waals surface area contributed by atoms with Gasteiger partial charge < -0.3 is 4.42 Å². The van der Waals surface area contributed by atoms with Crippen molar-refractivity contribution in [1.29, 1.82) is 0 Å². The molecule has 0 radical (unpaired) electrons. The number of carbonyl (C=O) groups is 1. The number of anilines is 1. The third-order valence-electron chi connectivity index (χ3n) is 3.98. The molecule has 4 heteroatoms. The number of rotatable bonds is 4. The summed E-state index contributed by atoms with van der Waals surface area (Å²) in [5.41, 5.74) is 2.60. The highest BCUT2D eigenvalue weighted by molar-refractivity contribution is 6.05. The first-order chi connectivity index (χ1) is 12.3. The summed E-state index contributed by atoms with van der Waals surface area (Å²) >= 11 is 0. The second kappa shape index (κ2) is 6.61. The van der Waals surface area contributed by atoms with E-state index >= 15 is 0 Å². The van der Waals surface area contributed by atoms with Crippen molar-refractivity contribution in [1.82, 2.24) is 4.98 Å². The molecule has 4 rings (SSSR count). The second-order valence-electron chi connectivity index (χ2n) is 5.79. The minimum atomic E-state index is -0.202. The van der Waals surface area contributed by atoms with Crippen LogP contribution < -0.4 is 5.32 Å². The van der Waals surface area contributed by atoms with Crippen LogP contribution in [-0.2, 0) is 6.42 Å². The Morgan fingerprint density at radius 1 is 0.960 bits per heavy atom. The van der Waals surface area contributed by atoms with Gasteiger partial charge in [0.25, 0.3) is 5.91 Å². The molecule has 4 nitrogen and oxygen atoms in total. The van der Waals surface area contributed by atoms with Crippen molar-refractivity contribution in [2.24, 2.45) is 0 Å². The molecule has 1 amide bonds. The fourth-order valence-corrected chi connectivity index (χ4v) is 2.74. The number of furan rings is 1. The van der Waals surface area contributed by atoms with Crippen LogP contribution in [0, 0.1) is 0 Å². The van der Waals surface area contributed by atoms with E-state index in [-0.39, 0.29) is 5.91 Å². The van der Waals surface area contributed by atoms with Crippen LogP contribution in [0.25, 0.3) is 10.9 Å². The maximum Gasteiger partial charge on any atom is 0.257 e. The van der Waals surface area contributed by atoms with Gasteiger partial charge in [0, 0.05) is 29.6 Å². The van der Waals surface area contributed by atoms with Gasteiger partial charge in [0.15, 0.2) is 5.88 Å². The fraction of sp³-hybridized carbons (Fsp3) is 0.0476. The van der Waals surface area contributed by atoms with Crippen molar-refractivity contribution in [3.8, 4) is 0 Å². The summed E-state index contributed by atoms with van der Waals surface area (Å²) in [6, 6.07) is 22.9. The number of hydrogen-bond acceptors (Lipinski definition) is 3. The predicted octanol–water partition coefficient (Wildman–Crippen LogP) is 4.67. The third-order valence-corrected chi connectivity index (χ3v) is 3.98. The zero-order valence-electron chi connectivity index (χ0n) is 13.5. The maximum atomic E-state index is 12.4. The van der Waals surface area contributed by atoms with E-state index in [2.05, 4.69) is 10.3 Å². The quantitative estimate of drug-likeness (QED) is 0.592. The number of pyridine rings is 1. The highest BCUT2D eigenvalue weighted by Crippen LogP contribution is 2.19. The lowest BCUT2D eigenvalue weighted by Gasteiger charge is -2.04. The zero-order chi connectivity index (χ0) is 17.1. The van der Waals surface area contributed by atoms with Gasteiger partial charge in [-0.1, -0.05) is 36.4 Å². The van der Waals surface area contributed by atoms with Crippen LogP contribution in [-0.4, -0.2) is 10.9 Å². The first kappa shape index (κ1) is 15.1. The molecule has 2 aromatic carbocycles. The van der Waals surface area contributed by atoms with Crippen molar-refractivity contribution < 1.29 is 9.21 Å². The summed E-state index contributed by atoms with van der Waals surface area (Å²) in [6.07, 6.45) is 2.43. The highest BCUT2D eigenvalue weighted by atomic mass is 16.4. The number of amides is 1. The van der Waals surface area contributed by atoms with E-state index in [0.717, 1.165) is 22.2 Å². The molecule has 4 aromatic rings. The first-order valence-corrected chi connectivity index (χ1v) is 8.07. The summed E-state index contributed by atoms with van der Waals surface area (Å²) in [5, 5.41) is 3.73. The van der Waals surface area contributed by atoms with Crippen molar-refractivity contribution in [2.75, 3.05) is 5.32 Å². The first-order valence-electron chi connectivity index (χ1n) is 8.07. The SMILES string of the molecule is O=C(Nc1ccc(Cc2ccccc2)o1)c1ccc2ncccc2c1. The number of carbonyl (C=O) groups excluding carboxylic acids is 1. The highest BCUT2D eigenvalue weighted by Gasteiger charge is 2.10. The van der Waals surface area contributed by atoms with Gasteiger partial charge in [-0.05, 0) is 35.9 Å². The Hall–Kier alpha value is -3.40. The van der Waals surface area contributed by atoms with Gasteiger partial charge in [0.2, 0.25) is 0 Å². The van der Waals surface area contributed by atoms with Gasteiger partial charge in [0.1, 0.15) is 5.76 Å². The Morgan fingerprint density at radius 2 is 1.84 bits per heavy atom. The number of hydrogen-bond donors (Lipinski definition) is 1. The largest absolute Gasteiger partial charge is 0.445 e. The molecule has 0 aliphatic carbocycles. The van der Waals surface area contributed by atoms with Crippen LogP contribution in [0.1, 0.15) is 21.7 Å². The van der Waals surface area contributed by atoms with Crippen LogP contribution in [0.5, 0.6) is 0 Å². The summed E-state index contributed by atoms with van der Waals surface area (Å²) in [4.78, 5) is 16.7. The summed E-state index contributed by atoms with van der Waals surface area (Å²) in [6.45, 7) is 0. The van der Waals surface area contributed by atoms with Gasteiger partial charge in [-0.25, -0.2) is 0 Å². The fourth-order valence-electron chi connectivity index (χ4n) is 2.74. The Balaban J connectivity index is 1.48. The Morgan fingerprint density at radius 3 is 2.72 bits per heavy atom. The van der Waals surface area contributed by atoms with E-state index < -0.39 is 0 Å². The van der Waals surface area contributed by atoms with E-state index in [4.69, 9.17) is 4.42 Å². The number of fused-ring (bicyclic) bond motifs is 1. The smallest absolute Gasteiger partial charge is 0.257 e. The molecule has 0 spiro atoms. The number of benzene rings is 2. The van der Waals surface area contributed by atoms with Crippen LogP contribution >= 0.6 is 0 Å². The molecule has 0 atom stereocenters. The predicted molar refractivity (Wildman–Crippen MR) is 97.7 cm³/mol. The summed E-state index contributed by atoms with van der Waals surface area (Å²) < 4.78 is 5.72. The van der Waals surface area contributed by atoms with E-state index in [9.17, 15) is 4.79 Å². The molecule has 0 aliphatic rings. The average molecular weight is 328 g/mol. The molecule has 1 N–H and O–H groups in total. The van der Waals surface area contributed by atoms with Gasteiger partial charge in [-0.15, -0.1) is 0 Å². The Labute approximate surface area is 145 Å². The van der Waals surface area contributed by atoms with Crippen molar-refractivity contribution in [3.63, 3.8) is 0 Å². The number of aromatic nitrogens is 1. The van der Waals surface area contributed by atoms with Crippen LogP contribution in [0.3, 0.4) is 0 Å². The Kier molecular flexibility index (Phi) is 4.01.